The fourth-order valence-electron chi connectivity index (χ4n) is 6.28. The van der Waals surface area contributed by atoms with Crippen LogP contribution in [0.5, 0.6) is 0 Å². The van der Waals surface area contributed by atoms with Crippen LogP contribution >= 0.6 is 0 Å². The van der Waals surface area contributed by atoms with Gasteiger partial charge in [0, 0.05) is 13.0 Å². The molecule has 0 spiro atoms. The third-order valence-electron chi connectivity index (χ3n) is 9.81. The number of aliphatic hydroxyl groups is 4. The van der Waals surface area contributed by atoms with Gasteiger partial charge in [-0.05, 0) is 77.0 Å². The Labute approximate surface area is 352 Å². The third kappa shape index (κ3) is 30.4. The second kappa shape index (κ2) is 39.8. The Morgan fingerprint density at radius 2 is 1.05 bits per heavy atom. The minimum atomic E-state index is -1.55. The minimum Gasteiger partial charge on any atom is -0.457 e. The SMILES string of the molecule is CC/C=C\C/C=C\C/C=C\C/C=C\CCC(=O)OC(COCCCCCCCCC/C=C\C/C=C\C/C=C\CCCCCCC)COC1OC(CO)C(O)C(O)C1O. The van der Waals surface area contributed by atoms with Crippen LogP contribution in [0.15, 0.2) is 85.1 Å². The Morgan fingerprint density at radius 1 is 0.569 bits per heavy atom. The monoisotopic (exact) mass is 815 g/mol. The highest BCUT2D eigenvalue weighted by atomic mass is 16.7. The molecule has 0 amide bonds. The fourth-order valence-corrected chi connectivity index (χ4v) is 6.28. The maximum atomic E-state index is 12.7. The smallest absolute Gasteiger partial charge is 0.306 e. The summed E-state index contributed by atoms with van der Waals surface area (Å²) in [5.74, 6) is -0.400. The molecule has 4 N–H and O–H groups in total. The highest BCUT2D eigenvalue weighted by Gasteiger charge is 2.44. The summed E-state index contributed by atoms with van der Waals surface area (Å²) in [5.41, 5.74) is 0. The van der Waals surface area contributed by atoms with Crippen LogP contribution < -0.4 is 0 Å². The van der Waals surface area contributed by atoms with Crippen molar-refractivity contribution in [1.82, 2.24) is 0 Å². The van der Waals surface area contributed by atoms with Gasteiger partial charge >= 0.3 is 5.97 Å². The summed E-state index contributed by atoms with van der Waals surface area (Å²) in [6.07, 6.45) is 46.3. The maximum absolute atomic E-state index is 12.7. The molecular weight excluding hydrogens is 733 g/mol. The number of esters is 1. The Kier molecular flexibility index (Phi) is 36.6. The van der Waals surface area contributed by atoms with Gasteiger partial charge < -0.3 is 39.4 Å². The first-order valence-electron chi connectivity index (χ1n) is 22.7. The molecular formula is C49H82O9. The highest BCUT2D eigenvalue weighted by molar-refractivity contribution is 5.69. The first-order valence-corrected chi connectivity index (χ1v) is 22.7. The quantitative estimate of drug-likeness (QED) is 0.0275. The van der Waals surface area contributed by atoms with Crippen molar-refractivity contribution in [2.45, 2.75) is 192 Å². The molecule has 6 atom stereocenters. The van der Waals surface area contributed by atoms with E-state index in [2.05, 4.69) is 86.8 Å². The van der Waals surface area contributed by atoms with Crippen molar-refractivity contribution < 1.29 is 44.2 Å². The molecule has 0 aromatic heterocycles. The number of allylic oxidation sites excluding steroid dienone is 14. The summed E-state index contributed by atoms with van der Waals surface area (Å²) in [4.78, 5) is 12.7. The van der Waals surface area contributed by atoms with Crippen molar-refractivity contribution in [3.05, 3.63) is 85.1 Å². The van der Waals surface area contributed by atoms with Gasteiger partial charge in [0.15, 0.2) is 6.29 Å². The normalized spacial score (nSPS) is 21.1. The number of rotatable bonds is 37. The molecule has 0 radical (unpaired) electrons. The van der Waals surface area contributed by atoms with Gasteiger partial charge in [0.1, 0.15) is 30.5 Å². The molecule has 58 heavy (non-hydrogen) atoms. The summed E-state index contributed by atoms with van der Waals surface area (Å²) < 4.78 is 22.7. The summed E-state index contributed by atoms with van der Waals surface area (Å²) >= 11 is 0. The summed E-state index contributed by atoms with van der Waals surface area (Å²) in [5, 5.41) is 40.1. The number of hydrogen-bond donors (Lipinski definition) is 4. The summed E-state index contributed by atoms with van der Waals surface area (Å²) in [6, 6.07) is 0. The van der Waals surface area contributed by atoms with E-state index >= 15 is 0 Å². The van der Waals surface area contributed by atoms with Crippen LogP contribution in [0.4, 0.5) is 0 Å². The lowest BCUT2D eigenvalue weighted by Crippen LogP contribution is -2.59. The van der Waals surface area contributed by atoms with Crippen molar-refractivity contribution >= 4 is 5.97 Å². The lowest BCUT2D eigenvalue weighted by atomic mass is 9.99. The van der Waals surface area contributed by atoms with E-state index in [9.17, 15) is 25.2 Å². The Morgan fingerprint density at radius 3 is 1.59 bits per heavy atom. The van der Waals surface area contributed by atoms with Gasteiger partial charge in [0.2, 0.25) is 0 Å². The molecule has 1 saturated heterocycles. The number of aliphatic hydroxyl groups excluding tert-OH is 4. The topological polar surface area (TPSA) is 135 Å². The lowest BCUT2D eigenvalue weighted by Gasteiger charge is -2.39. The fraction of sp³-hybridized carbons (Fsp3) is 0.694. The van der Waals surface area contributed by atoms with Crippen LogP contribution in [0.25, 0.3) is 0 Å². The molecule has 0 aromatic carbocycles. The molecule has 332 valence electrons. The predicted molar refractivity (Wildman–Crippen MR) is 237 cm³/mol. The first-order chi connectivity index (χ1) is 28.4. The van der Waals surface area contributed by atoms with Gasteiger partial charge in [-0.25, -0.2) is 0 Å². The van der Waals surface area contributed by atoms with E-state index in [1.54, 1.807) is 0 Å². The molecule has 0 saturated carbocycles. The van der Waals surface area contributed by atoms with Gasteiger partial charge in [0.05, 0.1) is 19.8 Å². The van der Waals surface area contributed by atoms with E-state index < -0.39 is 49.4 Å². The minimum absolute atomic E-state index is 0.104. The zero-order chi connectivity index (χ0) is 42.2. The van der Waals surface area contributed by atoms with E-state index in [-0.39, 0.29) is 19.6 Å². The van der Waals surface area contributed by atoms with Crippen LogP contribution in [0.1, 0.15) is 155 Å². The second-order valence-corrected chi connectivity index (χ2v) is 15.1. The van der Waals surface area contributed by atoms with Gasteiger partial charge in [-0.1, -0.05) is 157 Å². The number of carbonyl (C=O) groups excluding carboxylic acids is 1. The maximum Gasteiger partial charge on any atom is 0.306 e. The molecule has 0 aromatic rings. The van der Waals surface area contributed by atoms with Crippen molar-refractivity contribution in [1.29, 1.82) is 0 Å². The van der Waals surface area contributed by atoms with Gasteiger partial charge in [-0.15, -0.1) is 0 Å². The Hall–Kier alpha value is -2.63. The standard InChI is InChI=1S/C49H82O9/c1-3-5-7-9-11-13-15-17-18-19-20-21-22-23-24-25-27-29-31-33-35-37-39-55-41-43(42-56-49-48(54)47(53)46(52)44(40-50)58-49)57-45(51)38-36-34-32-30-28-26-16-14-12-10-8-6-4-2/h6,8,12,14-15,17,19-20,22-23,26,28,32,34,43-44,46-50,52-54H,3-5,7,9-11,13,16,18,21,24-25,27,29-31,33,35-42H2,1-2H3/b8-6-,14-12-,17-15-,20-19-,23-22-,28-26-,34-32-. The first kappa shape index (κ1) is 53.4. The summed E-state index contributed by atoms with van der Waals surface area (Å²) in [7, 11) is 0. The van der Waals surface area contributed by atoms with Crippen molar-refractivity contribution in [2.75, 3.05) is 26.4 Å². The van der Waals surface area contributed by atoms with Crippen molar-refractivity contribution in [3.8, 4) is 0 Å². The molecule has 1 aliphatic heterocycles. The van der Waals surface area contributed by atoms with E-state index in [4.69, 9.17) is 18.9 Å². The molecule has 1 rings (SSSR count). The molecule has 1 heterocycles. The zero-order valence-corrected chi connectivity index (χ0v) is 36.3. The molecule has 0 bridgehead atoms. The summed E-state index contributed by atoms with van der Waals surface area (Å²) in [6.45, 7) is 4.29. The predicted octanol–water partition coefficient (Wildman–Crippen LogP) is 10.2. The van der Waals surface area contributed by atoms with Crippen LogP contribution in [-0.4, -0.2) is 89.6 Å². The van der Waals surface area contributed by atoms with Crippen LogP contribution in [0.2, 0.25) is 0 Å². The largest absolute Gasteiger partial charge is 0.457 e. The van der Waals surface area contributed by atoms with Gasteiger partial charge in [-0.3, -0.25) is 4.79 Å². The lowest BCUT2D eigenvalue weighted by molar-refractivity contribution is -0.305. The van der Waals surface area contributed by atoms with Gasteiger partial charge in [-0.2, -0.15) is 0 Å². The number of unbranched alkanes of at least 4 members (excludes halogenated alkanes) is 12. The Balaban J connectivity index is 2.29. The molecule has 1 fully saturated rings. The zero-order valence-electron chi connectivity index (χ0n) is 36.3. The van der Waals surface area contributed by atoms with E-state index in [1.807, 2.05) is 12.2 Å². The third-order valence-corrected chi connectivity index (χ3v) is 9.81. The molecule has 9 nitrogen and oxygen atoms in total. The van der Waals surface area contributed by atoms with E-state index in [1.165, 1.54) is 64.2 Å². The molecule has 9 heteroatoms. The highest BCUT2D eigenvalue weighted by Crippen LogP contribution is 2.22. The van der Waals surface area contributed by atoms with Crippen LogP contribution in [0.3, 0.4) is 0 Å². The van der Waals surface area contributed by atoms with E-state index in [0.29, 0.717) is 13.0 Å². The van der Waals surface area contributed by atoms with E-state index in [0.717, 1.165) is 64.2 Å². The Bertz CT molecular complexity index is 1150. The number of ether oxygens (including phenoxy) is 4. The van der Waals surface area contributed by atoms with Gasteiger partial charge in [0.25, 0.3) is 0 Å². The molecule has 0 aliphatic carbocycles. The molecule has 6 unspecified atom stereocenters. The van der Waals surface area contributed by atoms with Crippen molar-refractivity contribution in [2.24, 2.45) is 0 Å². The number of hydrogen-bond acceptors (Lipinski definition) is 9. The van der Waals surface area contributed by atoms with Crippen molar-refractivity contribution in [3.63, 3.8) is 0 Å². The van der Waals surface area contributed by atoms with Crippen LogP contribution in [-0.2, 0) is 23.7 Å². The number of carbonyl (C=O) groups is 1. The molecule has 1 aliphatic rings. The van der Waals surface area contributed by atoms with Crippen LogP contribution in [0, 0.1) is 0 Å². The average Bonchev–Trinajstić information content (AvgIpc) is 3.22. The average molecular weight is 815 g/mol. The second-order valence-electron chi connectivity index (χ2n) is 15.1.